The van der Waals surface area contributed by atoms with E-state index in [-0.39, 0.29) is 17.8 Å². The predicted octanol–water partition coefficient (Wildman–Crippen LogP) is 2.93. The van der Waals surface area contributed by atoms with Crippen LogP contribution >= 0.6 is 0 Å². The Hall–Kier alpha value is -1.15. The van der Waals surface area contributed by atoms with E-state index in [1.165, 1.54) is 0 Å². The Balaban J connectivity index is 2.81. The van der Waals surface area contributed by atoms with Crippen LogP contribution in [0.4, 0.5) is 0 Å². The molecule has 0 saturated carbocycles. The molecule has 0 fully saturated rings. The molecule has 2 heteroatoms. The maximum Gasteiger partial charge on any atom is 0.191 e. The minimum Gasteiger partial charge on any atom is -0.370 e. The molecule has 0 amide bonds. The third kappa shape index (κ3) is 3.17. The number of hydrogen-bond donors (Lipinski definition) is 0. The quantitative estimate of drug-likeness (QED) is 0.692. The first-order valence-corrected chi connectivity index (χ1v) is 5.37. The first-order chi connectivity index (χ1) is 7.16. The van der Waals surface area contributed by atoms with Gasteiger partial charge in [-0.25, -0.2) is 0 Å². The molecule has 0 aliphatic heterocycles. The minimum absolute atomic E-state index is 0.0763. The summed E-state index contributed by atoms with van der Waals surface area (Å²) in [5, 5.41) is 0. The van der Waals surface area contributed by atoms with Crippen LogP contribution < -0.4 is 0 Å². The number of carbonyl (C=O) groups excluding carboxylic acids is 1. The van der Waals surface area contributed by atoms with Crippen LogP contribution in [-0.4, -0.2) is 18.5 Å². The van der Waals surface area contributed by atoms with Crippen LogP contribution in [0.15, 0.2) is 30.3 Å². The van der Waals surface area contributed by atoms with Crippen molar-refractivity contribution in [3.63, 3.8) is 0 Å². The number of hydrogen-bond acceptors (Lipinski definition) is 2. The summed E-state index contributed by atoms with van der Waals surface area (Å²) < 4.78 is 5.47. The Morgan fingerprint density at radius 1 is 1.27 bits per heavy atom. The molecule has 0 aliphatic carbocycles. The molecule has 0 N–H and O–H groups in total. The molecule has 0 bridgehead atoms. The average Bonchev–Trinajstić information content (AvgIpc) is 2.26. The fourth-order valence-electron chi connectivity index (χ4n) is 1.52. The average molecular weight is 206 g/mol. The van der Waals surface area contributed by atoms with Crippen molar-refractivity contribution in [1.29, 1.82) is 0 Å². The molecule has 1 aromatic carbocycles. The highest BCUT2D eigenvalue weighted by Crippen LogP contribution is 2.13. The maximum absolute atomic E-state index is 12.1. The standard InChI is InChI=1S/C13H18O2/c1-4-15-13(10(2)3)12(14)11-8-6-5-7-9-11/h5-10,13H,4H2,1-3H3. The van der Waals surface area contributed by atoms with Crippen LogP contribution in [-0.2, 0) is 4.74 Å². The summed E-state index contributed by atoms with van der Waals surface area (Å²) in [6.45, 7) is 6.48. The molecular weight excluding hydrogens is 188 g/mol. The lowest BCUT2D eigenvalue weighted by atomic mass is 9.98. The number of rotatable bonds is 5. The summed E-state index contributed by atoms with van der Waals surface area (Å²) >= 11 is 0. The lowest BCUT2D eigenvalue weighted by molar-refractivity contribution is 0.0280. The van der Waals surface area contributed by atoms with Crippen molar-refractivity contribution in [1.82, 2.24) is 0 Å². The molecule has 0 aromatic heterocycles. The summed E-state index contributed by atoms with van der Waals surface area (Å²) in [6, 6.07) is 9.31. The fourth-order valence-corrected chi connectivity index (χ4v) is 1.52. The molecule has 82 valence electrons. The number of benzene rings is 1. The van der Waals surface area contributed by atoms with Crippen molar-refractivity contribution in [2.45, 2.75) is 26.9 Å². The number of carbonyl (C=O) groups is 1. The van der Waals surface area contributed by atoms with E-state index in [1.54, 1.807) is 0 Å². The second kappa shape index (κ2) is 5.66. The van der Waals surface area contributed by atoms with Crippen LogP contribution in [0.2, 0.25) is 0 Å². The molecule has 15 heavy (non-hydrogen) atoms. The molecular formula is C13H18O2. The highest BCUT2D eigenvalue weighted by molar-refractivity contribution is 5.99. The Bertz CT molecular complexity index is 304. The highest BCUT2D eigenvalue weighted by Gasteiger charge is 2.23. The topological polar surface area (TPSA) is 26.3 Å². The van der Waals surface area contributed by atoms with Gasteiger partial charge in [-0.15, -0.1) is 0 Å². The predicted molar refractivity (Wildman–Crippen MR) is 61.0 cm³/mol. The molecule has 0 heterocycles. The van der Waals surface area contributed by atoms with Gasteiger partial charge in [0, 0.05) is 12.2 Å². The normalized spacial score (nSPS) is 12.8. The van der Waals surface area contributed by atoms with E-state index >= 15 is 0 Å². The molecule has 1 unspecified atom stereocenters. The van der Waals surface area contributed by atoms with Crippen LogP contribution in [0.5, 0.6) is 0 Å². The van der Waals surface area contributed by atoms with E-state index in [2.05, 4.69) is 0 Å². The summed E-state index contributed by atoms with van der Waals surface area (Å²) in [4.78, 5) is 12.1. The first-order valence-electron chi connectivity index (χ1n) is 5.37. The second-order valence-electron chi connectivity index (χ2n) is 3.85. The maximum atomic E-state index is 12.1. The molecule has 1 aromatic rings. The van der Waals surface area contributed by atoms with Gasteiger partial charge < -0.3 is 4.74 Å². The minimum atomic E-state index is -0.322. The van der Waals surface area contributed by atoms with Gasteiger partial charge in [0.05, 0.1) is 0 Å². The molecule has 0 radical (unpaired) electrons. The van der Waals surface area contributed by atoms with Gasteiger partial charge in [-0.05, 0) is 12.8 Å². The number of ketones is 1. The molecule has 1 atom stereocenters. The SMILES string of the molecule is CCOC(C(=O)c1ccccc1)C(C)C. The van der Waals surface area contributed by atoms with Gasteiger partial charge in [-0.1, -0.05) is 44.2 Å². The Kier molecular flexibility index (Phi) is 4.50. The zero-order chi connectivity index (χ0) is 11.3. The summed E-state index contributed by atoms with van der Waals surface area (Å²) in [6.07, 6.45) is -0.322. The molecule has 0 aliphatic rings. The Morgan fingerprint density at radius 3 is 2.33 bits per heavy atom. The summed E-state index contributed by atoms with van der Waals surface area (Å²) in [5.41, 5.74) is 0.727. The van der Waals surface area contributed by atoms with Gasteiger partial charge in [0.1, 0.15) is 6.10 Å². The van der Waals surface area contributed by atoms with Crippen LogP contribution in [0, 0.1) is 5.92 Å². The van der Waals surface area contributed by atoms with Gasteiger partial charge in [0.15, 0.2) is 5.78 Å². The van der Waals surface area contributed by atoms with Gasteiger partial charge in [-0.2, -0.15) is 0 Å². The smallest absolute Gasteiger partial charge is 0.191 e. The second-order valence-corrected chi connectivity index (χ2v) is 3.85. The Morgan fingerprint density at radius 2 is 1.87 bits per heavy atom. The van der Waals surface area contributed by atoms with Gasteiger partial charge in [0.2, 0.25) is 0 Å². The zero-order valence-electron chi connectivity index (χ0n) is 9.57. The van der Waals surface area contributed by atoms with Gasteiger partial charge in [0.25, 0.3) is 0 Å². The van der Waals surface area contributed by atoms with Crippen LogP contribution in [0.3, 0.4) is 0 Å². The lowest BCUT2D eigenvalue weighted by Gasteiger charge is -2.19. The fraction of sp³-hybridized carbons (Fsp3) is 0.462. The lowest BCUT2D eigenvalue weighted by Crippen LogP contribution is -2.29. The van der Waals surface area contributed by atoms with E-state index < -0.39 is 0 Å². The summed E-state index contributed by atoms with van der Waals surface area (Å²) in [7, 11) is 0. The van der Waals surface area contributed by atoms with Crippen molar-refractivity contribution in [2.24, 2.45) is 5.92 Å². The number of Topliss-reactive ketones (excluding diaryl/α,β-unsaturated/α-hetero) is 1. The van der Waals surface area contributed by atoms with Gasteiger partial charge >= 0.3 is 0 Å². The van der Waals surface area contributed by atoms with Crippen molar-refractivity contribution in [3.05, 3.63) is 35.9 Å². The third-order valence-electron chi connectivity index (χ3n) is 2.27. The summed E-state index contributed by atoms with van der Waals surface area (Å²) in [5.74, 6) is 0.283. The van der Waals surface area contributed by atoms with Gasteiger partial charge in [-0.3, -0.25) is 4.79 Å². The Labute approximate surface area is 91.3 Å². The van der Waals surface area contributed by atoms with Crippen molar-refractivity contribution in [2.75, 3.05) is 6.61 Å². The molecule has 0 spiro atoms. The van der Waals surface area contributed by atoms with E-state index in [1.807, 2.05) is 51.1 Å². The monoisotopic (exact) mass is 206 g/mol. The molecule has 0 saturated heterocycles. The van der Waals surface area contributed by atoms with E-state index in [9.17, 15) is 4.79 Å². The highest BCUT2D eigenvalue weighted by atomic mass is 16.5. The van der Waals surface area contributed by atoms with Crippen molar-refractivity contribution in [3.8, 4) is 0 Å². The van der Waals surface area contributed by atoms with E-state index in [0.717, 1.165) is 5.56 Å². The number of ether oxygens (including phenoxy) is 1. The third-order valence-corrected chi connectivity index (χ3v) is 2.27. The van der Waals surface area contributed by atoms with E-state index in [0.29, 0.717) is 6.61 Å². The van der Waals surface area contributed by atoms with Crippen molar-refractivity contribution < 1.29 is 9.53 Å². The first kappa shape index (κ1) is 11.9. The van der Waals surface area contributed by atoms with Crippen LogP contribution in [0.25, 0.3) is 0 Å². The molecule has 2 nitrogen and oxygen atoms in total. The largest absolute Gasteiger partial charge is 0.370 e. The van der Waals surface area contributed by atoms with E-state index in [4.69, 9.17) is 4.74 Å². The zero-order valence-corrected chi connectivity index (χ0v) is 9.57. The van der Waals surface area contributed by atoms with Crippen molar-refractivity contribution >= 4 is 5.78 Å². The molecule has 1 rings (SSSR count). The van der Waals surface area contributed by atoms with Crippen LogP contribution in [0.1, 0.15) is 31.1 Å².